The Labute approximate surface area is 93.5 Å². The van der Waals surface area contributed by atoms with Gasteiger partial charge in [-0.15, -0.1) is 0 Å². The van der Waals surface area contributed by atoms with Crippen LogP contribution in [0, 0.1) is 6.92 Å². The lowest BCUT2D eigenvalue weighted by Gasteiger charge is -2.12. The monoisotopic (exact) mass is 228 g/mol. The molecule has 0 aromatic carbocycles. The first-order valence-corrected chi connectivity index (χ1v) is 4.81. The topological polar surface area (TPSA) is 58.1 Å². The van der Waals surface area contributed by atoms with Crippen molar-refractivity contribution < 1.29 is 4.79 Å². The summed E-state index contributed by atoms with van der Waals surface area (Å²) in [6.45, 7) is 2.04. The zero-order valence-corrected chi connectivity index (χ0v) is 9.67. The van der Waals surface area contributed by atoms with Crippen molar-refractivity contribution in [1.82, 2.24) is 14.9 Å². The van der Waals surface area contributed by atoms with Crippen molar-refractivity contribution in [2.45, 2.75) is 6.92 Å². The van der Waals surface area contributed by atoms with E-state index < -0.39 is 0 Å². The van der Waals surface area contributed by atoms with E-state index in [0.717, 1.165) is 5.56 Å². The van der Waals surface area contributed by atoms with Crippen LogP contribution >= 0.6 is 11.6 Å². The molecule has 0 spiro atoms. The minimum atomic E-state index is -0.0239. The lowest BCUT2D eigenvalue weighted by atomic mass is 10.3. The summed E-state index contributed by atoms with van der Waals surface area (Å²) in [5, 5.41) is 3.08. The number of halogens is 1. The minimum Gasteiger partial charge on any atom is -0.361 e. The first-order valence-electron chi connectivity index (χ1n) is 4.44. The molecule has 0 aliphatic heterocycles. The van der Waals surface area contributed by atoms with Gasteiger partial charge in [-0.05, 0) is 18.5 Å². The first-order chi connectivity index (χ1) is 7.00. The van der Waals surface area contributed by atoms with Crippen LogP contribution in [0.5, 0.6) is 0 Å². The standard InChI is InChI=1S/C9H13ClN4O/c1-6-4-12-9(10)13-8(6)11-5-7(15)14(2)3/h4H,5H2,1-3H3,(H,11,12,13). The zero-order valence-electron chi connectivity index (χ0n) is 8.91. The number of carbonyl (C=O) groups is 1. The van der Waals surface area contributed by atoms with E-state index in [-0.39, 0.29) is 17.7 Å². The van der Waals surface area contributed by atoms with Crippen molar-refractivity contribution in [1.29, 1.82) is 0 Å². The molecule has 15 heavy (non-hydrogen) atoms. The van der Waals surface area contributed by atoms with Gasteiger partial charge in [0.25, 0.3) is 0 Å². The molecule has 1 rings (SSSR count). The van der Waals surface area contributed by atoms with E-state index in [2.05, 4.69) is 15.3 Å². The number of hydrogen-bond acceptors (Lipinski definition) is 4. The third kappa shape index (κ3) is 3.36. The predicted octanol–water partition coefficient (Wildman–Crippen LogP) is 0.939. The summed E-state index contributed by atoms with van der Waals surface area (Å²) in [5.41, 5.74) is 0.853. The molecule has 0 aliphatic carbocycles. The van der Waals surface area contributed by atoms with Crippen LogP contribution in [0.15, 0.2) is 6.20 Å². The Morgan fingerprint density at radius 2 is 2.27 bits per heavy atom. The van der Waals surface area contributed by atoms with E-state index in [4.69, 9.17) is 11.6 Å². The summed E-state index contributed by atoms with van der Waals surface area (Å²) >= 11 is 5.64. The zero-order chi connectivity index (χ0) is 11.4. The Kier molecular flexibility index (Phi) is 3.85. The second-order valence-electron chi connectivity index (χ2n) is 3.31. The highest BCUT2D eigenvalue weighted by atomic mass is 35.5. The maximum Gasteiger partial charge on any atom is 0.241 e. The van der Waals surface area contributed by atoms with Crippen LogP contribution in [0.1, 0.15) is 5.56 Å². The van der Waals surface area contributed by atoms with Gasteiger partial charge in [-0.1, -0.05) is 0 Å². The Balaban J connectivity index is 2.65. The number of carbonyl (C=O) groups excluding carboxylic acids is 1. The summed E-state index contributed by atoms with van der Waals surface area (Å²) in [4.78, 5) is 20.6. The number of rotatable bonds is 3. The van der Waals surface area contributed by atoms with Crippen molar-refractivity contribution in [2.24, 2.45) is 0 Å². The fourth-order valence-electron chi connectivity index (χ4n) is 0.917. The Morgan fingerprint density at radius 3 is 2.87 bits per heavy atom. The number of aryl methyl sites for hydroxylation is 1. The molecule has 5 nitrogen and oxygen atoms in total. The van der Waals surface area contributed by atoms with Gasteiger partial charge in [0.15, 0.2) is 0 Å². The average molecular weight is 229 g/mol. The highest BCUT2D eigenvalue weighted by molar-refractivity contribution is 6.28. The van der Waals surface area contributed by atoms with Gasteiger partial charge in [0.05, 0.1) is 6.54 Å². The summed E-state index contributed by atoms with van der Waals surface area (Å²) in [5.74, 6) is 0.564. The van der Waals surface area contributed by atoms with Gasteiger partial charge in [-0.2, -0.15) is 0 Å². The minimum absolute atomic E-state index is 0.0239. The molecule has 0 saturated heterocycles. The molecule has 0 unspecified atom stereocenters. The molecule has 1 heterocycles. The van der Waals surface area contributed by atoms with Gasteiger partial charge in [-0.3, -0.25) is 4.79 Å². The summed E-state index contributed by atoms with van der Waals surface area (Å²) in [6.07, 6.45) is 1.61. The molecule has 1 amide bonds. The van der Waals surface area contributed by atoms with Gasteiger partial charge in [0, 0.05) is 25.9 Å². The van der Waals surface area contributed by atoms with E-state index in [1.807, 2.05) is 6.92 Å². The number of likely N-dealkylation sites (N-methyl/N-ethyl adjacent to an activating group) is 1. The van der Waals surface area contributed by atoms with Crippen molar-refractivity contribution in [3.05, 3.63) is 17.0 Å². The van der Waals surface area contributed by atoms with Crippen LogP contribution in [0.25, 0.3) is 0 Å². The highest BCUT2D eigenvalue weighted by Crippen LogP contribution is 2.11. The molecule has 82 valence electrons. The van der Waals surface area contributed by atoms with Crippen molar-refractivity contribution in [2.75, 3.05) is 26.0 Å². The molecular weight excluding hydrogens is 216 g/mol. The number of amides is 1. The lowest BCUT2D eigenvalue weighted by Crippen LogP contribution is -2.29. The van der Waals surface area contributed by atoms with Gasteiger partial charge in [0.2, 0.25) is 11.2 Å². The van der Waals surface area contributed by atoms with Crippen LogP contribution in [0.2, 0.25) is 5.28 Å². The maximum absolute atomic E-state index is 11.3. The molecule has 0 fully saturated rings. The van der Waals surface area contributed by atoms with Crippen LogP contribution in [0.4, 0.5) is 5.82 Å². The number of aromatic nitrogens is 2. The second kappa shape index (κ2) is 4.93. The maximum atomic E-state index is 11.3. The Hall–Kier alpha value is -1.36. The van der Waals surface area contributed by atoms with E-state index in [9.17, 15) is 4.79 Å². The Bertz CT molecular complexity index is 367. The van der Waals surface area contributed by atoms with E-state index in [0.29, 0.717) is 5.82 Å². The molecule has 1 aromatic heterocycles. The molecule has 0 aliphatic rings. The number of nitrogens with zero attached hydrogens (tertiary/aromatic N) is 3. The summed E-state index contributed by atoms with van der Waals surface area (Å²) < 4.78 is 0. The molecule has 0 saturated carbocycles. The predicted molar refractivity (Wildman–Crippen MR) is 59.0 cm³/mol. The van der Waals surface area contributed by atoms with Crippen LogP contribution < -0.4 is 5.32 Å². The largest absolute Gasteiger partial charge is 0.361 e. The number of hydrogen-bond donors (Lipinski definition) is 1. The fourth-order valence-corrected chi connectivity index (χ4v) is 1.05. The van der Waals surface area contributed by atoms with Gasteiger partial charge >= 0.3 is 0 Å². The molecule has 6 heteroatoms. The van der Waals surface area contributed by atoms with Crippen molar-refractivity contribution in [3.8, 4) is 0 Å². The van der Waals surface area contributed by atoms with E-state index in [1.165, 1.54) is 4.90 Å². The average Bonchev–Trinajstić information content (AvgIpc) is 2.18. The molecular formula is C9H13ClN4O. The molecule has 0 radical (unpaired) electrons. The molecule has 1 N–H and O–H groups in total. The van der Waals surface area contributed by atoms with Crippen LogP contribution in [0.3, 0.4) is 0 Å². The van der Waals surface area contributed by atoms with Crippen molar-refractivity contribution in [3.63, 3.8) is 0 Å². The Morgan fingerprint density at radius 1 is 1.60 bits per heavy atom. The third-order valence-electron chi connectivity index (χ3n) is 1.85. The van der Waals surface area contributed by atoms with Gasteiger partial charge < -0.3 is 10.2 Å². The number of anilines is 1. The summed E-state index contributed by atoms with van der Waals surface area (Å²) in [7, 11) is 3.40. The first kappa shape index (κ1) is 11.7. The SMILES string of the molecule is Cc1cnc(Cl)nc1NCC(=O)N(C)C. The van der Waals surface area contributed by atoms with E-state index >= 15 is 0 Å². The molecule has 1 aromatic rings. The highest BCUT2D eigenvalue weighted by Gasteiger charge is 2.06. The van der Waals surface area contributed by atoms with Crippen molar-refractivity contribution >= 4 is 23.3 Å². The van der Waals surface area contributed by atoms with Crippen LogP contribution in [-0.2, 0) is 4.79 Å². The molecule has 0 atom stereocenters. The summed E-state index contributed by atoms with van der Waals surface area (Å²) in [6, 6.07) is 0. The third-order valence-corrected chi connectivity index (χ3v) is 2.03. The van der Waals surface area contributed by atoms with Gasteiger partial charge in [0.1, 0.15) is 5.82 Å². The van der Waals surface area contributed by atoms with Crippen LogP contribution in [-0.4, -0.2) is 41.4 Å². The smallest absolute Gasteiger partial charge is 0.241 e. The van der Waals surface area contributed by atoms with Gasteiger partial charge in [-0.25, -0.2) is 9.97 Å². The molecule has 0 bridgehead atoms. The quantitative estimate of drug-likeness (QED) is 0.783. The van der Waals surface area contributed by atoms with E-state index in [1.54, 1.807) is 20.3 Å². The second-order valence-corrected chi connectivity index (χ2v) is 3.65. The number of nitrogens with one attached hydrogen (secondary N) is 1. The lowest BCUT2D eigenvalue weighted by molar-refractivity contribution is -0.126. The fraction of sp³-hybridized carbons (Fsp3) is 0.444. The normalized spacial score (nSPS) is 9.87.